The van der Waals surface area contributed by atoms with Crippen LogP contribution in [0.25, 0.3) is 27.3 Å². The molecule has 158 valence electrons. The van der Waals surface area contributed by atoms with E-state index in [-0.39, 0.29) is 5.78 Å². The Labute approximate surface area is 189 Å². The van der Waals surface area contributed by atoms with Crippen LogP contribution in [0.3, 0.4) is 0 Å². The van der Waals surface area contributed by atoms with Gasteiger partial charge in [0.25, 0.3) is 0 Å². The van der Waals surface area contributed by atoms with Crippen LogP contribution < -0.4 is 10.5 Å². The van der Waals surface area contributed by atoms with Crippen molar-refractivity contribution in [2.45, 2.75) is 6.92 Å². The molecule has 0 unspecified atom stereocenters. The lowest BCUT2D eigenvalue weighted by Crippen LogP contribution is -2.07. The Hall–Kier alpha value is -3.90. The third-order valence-corrected chi connectivity index (χ3v) is 6.17. The van der Waals surface area contributed by atoms with Gasteiger partial charge >= 0.3 is 0 Å². The van der Waals surface area contributed by atoms with Crippen LogP contribution in [0.1, 0.15) is 23.0 Å². The number of ether oxygens (including phenoxy) is 1. The summed E-state index contributed by atoms with van der Waals surface area (Å²) in [5.74, 6) is 0.720. The summed E-state index contributed by atoms with van der Waals surface area (Å²) in [5.41, 5.74) is 11.6. The van der Waals surface area contributed by atoms with Gasteiger partial charge in [0.2, 0.25) is 5.78 Å². The molecule has 3 aromatic heterocycles. The van der Waals surface area contributed by atoms with E-state index in [0.29, 0.717) is 23.6 Å². The van der Waals surface area contributed by atoms with Gasteiger partial charge in [-0.1, -0.05) is 36.4 Å². The highest BCUT2D eigenvalue weighted by atomic mass is 32.1. The molecule has 0 fully saturated rings. The summed E-state index contributed by atoms with van der Waals surface area (Å²) in [4.78, 5) is 18.2. The molecular weight excluding hydrogens is 418 g/mol. The number of nitrogens with two attached hydrogens (primary N) is 1. The molecule has 2 N–H and O–H groups in total. The topological polar surface area (TPSA) is 69.6 Å². The second kappa shape index (κ2) is 8.32. The number of benzene rings is 2. The molecule has 5 aromatic rings. The fourth-order valence-corrected chi connectivity index (χ4v) is 4.72. The number of pyridine rings is 1. The molecule has 3 heterocycles. The predicted octanol–water partition coefficient (Wildman–Crippen LogP) is 5.94. The number of carbonyl (C=O) groups is 1. The van der Waals surface area contributed by atoms with E-state index in [9.17, 15) is 4.79 Å². The molecule has 0 aliphatic heterocycles. The highest BCUT2D eigenvalue weighted by Gasteiger charge is 2.24. The van der Waals surface area contributed by atoms with Crippen LogP contribution >= 0.6 is 11.3 Å². The van der Waals surface area contributed by atoms with E-state index in [1.54, 1.807) is 12.1 Å². The Morgan fingerprint density at radius 2 is 1.78 bits per heavy atom. The maximum Gasteiger partial charge on any atom is 0.211 e. The Morgan fingerprint density at radius 1 is 1.03 bits per heavy atom. The highest BCUT2D eigenvalue weighted by molar-refractivity contribution is 7.13. The molecule has 0 radical (unpaired) electrons. The third-order valence-electron chi connectivity index (χ3n) is 5.31. The molecule has 0 saturated heterocycles. The molecule has 0 aliphatic carbocycles. The molecule has 0 aliphatic rings. The number of hydrogen-bond acceptors (Lipinski definition) is 5. The number of thiazole rings is 1. The minimum Gasteiger partial charge on any atom is -0.494 e. The largest absolute Gasteiger partial charge is 0.494 e. The maximum atomic E-state index is 13.3. The number of fused-ring (bicyclic) bond motifs is 1. The Balaban J connectivity index is 1.60. The average Bonchev–Trinajstić information content (AvgIpc) is 3.42. The van der Waals surface area contributed by atoms with Crippen LogP contribution in [0.15, 0.2) is 84.4 Å². The van der Waals surface area contributed by atoms with Crippen molar-refractivity contribution in [1.82, 2.24) is 9.38 Å². The third kappa shape index (κ3) is 3.44. The van der Waals surface area contributed by atoms with E-state index in [1.165, 1.54) is 11.3 Å². The van der Waals surface area contributed by atoms with Crippen molar-refractivity contribution >= 4 is 28.3 Å². The van der Waals surface area contributed by atoms with Gasteiger partial charge in [-0.3, -0.25) is 4.79 Å². The first-order valence-electron chi connectivity index (χ1n) is 10.3. The number of ketones is 1. The second-order valence-corrected chi connectivity index (χ2v) is 8.14. The summed E-state index contributed by atoms with van der Waals surface area (Å²) in [7, 11) is 0. The SMILES string of the molecule is CCOc1ccc(-c2csc(-c3c(N)c(C(=O)c4ccccc4)n4ccccc34)n2)cc1. The van der Waals surface area contributed by atoms with Crippen LogP contribution in [-0.2, 0) is 0 Å². The molecule has 5 rings (SSSR count). The van der Waals surface area contributed by atoms with E-state index < -0.39 is 0 Å². The molecule has 0 saturated carbocycles. The monoisotopic (exact) mass is 439 g/mol. The van der Waals surface area contributed by atoms with Crippen LogP contribution in [0, 0.1) is 0 Å². The first-order valence-corrected chi connectivity index (χ1v) is 11.2. The van der Waals surface area contributed by atoms with Crippen LogP contribution in [0.5, 0.6) is 5.75 Å². The van der Waals surface area contributed by atoms with Crippen molar-refractivity contribution in [1.29, 1.82) is 0 Å². The summed E-state index contributed by atoms with van der Waals surface area (Å²) < 4.78 is 7.39. The van der Waals surface area contributed by atoms with Crippen molar-refractivity contribution in [2.75, 3.05) is 12.3 Å². The van der Waals surface area contributed by atoms with Gasteiger partial charge in [-0.05, 0) is 43.3 Å². The normalized spacial score (nSPS) is 11.0. The van der Waals surface area contributed by atoms with E-state index in [2.05, 4.69) is 0 Å². The van der Waals surface area contributed by atoms with Gasteiger partial charge in [0.15, 0.2) is 0 Å². The minimum absolute atomic E-state index is 0.112. The summed E-state index contributed by atoms with van der Waals surface area (Å²) in [6.07, 6.45) is 1.87. The van der Waals surface area contributed by atoms with Crippen LogP contribution in [-0.4, -0.2) is 21.8 Å². The highest BCUT2D eigenvalue weighted by Crippen LogP contribution is 2.39. The number of nitrogen functional groups attached to an aromatic ring is 1. The summed E-state index contributed by atoms with van der Waals surface area (Å²) >= 11 is 1.51. The standard InChI is InChI=1S/C26H21N3O2S/c1-2-31-19-13-11-17(12-14-19)20-16-32-26(28-20)22-21-10-6-7-15-29(21)24(23(22)27)25(30)18-8-4-3-5-9-18/h3-16H,2,27H2,1H3. The quantitative estimate of drug-likeness (QED) is 0.332. The lowest BCUT2D eigenvalue weighted by atomic mass is 10.1. The smallest absolute Gasteiger partial charge is 0.211 e. The van der Waals surface area contributed by atoms with Gasteiger partial charge in [-0.15, -0.1) is 11.3 Å². The van der Waals surface area contributed by atoms with Gasteiger partial charge < -0.3 is 14.9 Å². The number of aromatic nitrogens is 2. The second-order valence-electron chi connectivity index (χ2n) is 7.28. The molecule has 0 atom stereocenters. The predicted molar refractivity (Wildman–Crippen MR) is 129 cm³/mol. The van der Waals surface area contributed by atoms with Crippen molar-refractivity contribution < 1.29 is 9.53 Å². The Bertz CT molecular complexity index is 1400. The van der Waals surface area contributed by atoms with E-state index in [1.807, 2.05) is 83.6 Å². The molecule has 32 heavy (non-hydrogen) atoms. The molecular formula is C26H21N3O2S. The lowest BCUT2D eigenvalue weighted by molar-refractivity contribution is 0.103. The fraction of sp³-hybridized carbons (Fsp3) is 0.0769. The molecule has 2 aromatic carbocycles. The van der Waals surface area contributed by atoms with Gasteiger partial charge in [0.05, 0.1) is 29.1 Å². The van der Waals surface area contributed by atoms with E-state index in [4.69, 9.17) is 15.5 Å². The van der Waals surface area contributed by atoms with E-state index in [0.717, 1.165) is 33.1 Å². The van der Waals surface area contributed by atoms with Crippen molar-refractivity contribution in [3.63, 3.8) is 0 Å². The first-order chi connectivity index (χ1) is 15.7. The molecule has 6 heteroatoms. The molecule has 5 nitrogen and oxygen atoms in total. The summed E-state index contributed by atoms with van der Waals surface area (Å²) in [5, 5.41) is 2.79. The zero-order chi connectivity index (χ0) is 22.1. The molecule has 0 spiro atoms. The molecule has 0 amide bonds. The average molecular weight is 440 g/mol. The number of anilines is 1. The van der Waals surface area contributed by atoms with Gasteiger partial charge in [-0.25, -0.2) is 4.98 Å². The zero-order valence-corrected chi connectivity index (χ0v) is 18.3. The van der Waals surface area contributed by atoms with Crippen molar-refractivity contribution in [2.24, 2.45) is 0 Å². The van der Waals surface area contributed by atoms with Crippen molar-refractivity contribution in [3.8, 4) is 27.6 Å². The molecule has 0 bridgehead atoms. The van der Waals surface area contributed by atoms with Crippen LogP contribution in [0.4, 0.5) is 5.69 Å². The zero-order valence-electron chi connectivity index (χ0n) is 17.5. The lowest BCUT2D eigenvalue weighted by Gasteiger charge is -2.03. The number of nitrogens with zero attached hydrogens (tertiary/aromatic N) is 2. The Morgan fingerprint density at radius 3 is 2.53 bits per heavy atom. The van der Waals surface area contributed by atoms with Crippen molar-refractivity contribution in [3.05, 3.63) is 95.6 Å². The van der Waals surface area contributed by atoms with Gasteiger partial charge in [0.1, 0.15) is 16.5 Å². The fourth-order valence-electron chi connectivity index (χ4n) is 3.82. The van der Waals surface area contributed by atoms with Gasteiger partial charge in [-0.2, -0.15) is 0 Å². The number of hydrogen-bond donors (Lipinski definition) is 1. The summed E-state index contributed by atoms with van der Waals surface area (Å²) in [6, 6.07) is 22.9. The number of rotatable bonds is 6. The van der Waals surface area contributed by atoms with Gasteiger partial charge in [0, 0.05) is 22.7 Å². The Kier molecular flexibility index (Phi) is 5.21. The first kappa shape index (κ1) is 20.0. The van der Waals surface area contributed by atoms with Crippen LogP contribution in [0.2, 0.25) is 0 Å². The number of carbonyl (C=O) groups excluding carboxylic acids is 1. The maximum absolute atomic E-state index is 13.3. The minimum atomic E-state index is -0.112. The summed E-state index contributed by atoms with van der Waals surface area (Å²) in [6.45, 7) is 2.59. The van der Waals surface area contributed by atoms with E-state index >= 15 is 0 Å².